The Morgan fingerprint density at radius 3 is 2.00 bits per heavy atom. The maximum absolute atomic E-state index is 13.0. The first-order valence-corrected chi connectivity index (χ1v) is 10.5. The first-order chi connectivity index (χ1) is 14.4. The molecule has 1 amide bonds. The van der Waals surface area contributed by atoms with Gasteiger partial charge in [0.15, 0.2) is 0 Å². The molecule has 1 atom stereocenters. The molecule has 2 aromatic rings. The van der Waals surface area contributed by atoms with Crippen molar-refractivity contribution in [2.45, 2.75) is 33.7 Å². The number of Topliss-reactive ketones (excluding diaryl/α,β-unsaturated/α-hetero) is 1. The minimum atomic E-state index is -0.627. The zero-order chi connectivity index (χ0) is 21.8. The third-order valence-electron chi connectivity index (χ3n) is 5.81. The lowest BCUT2D eigenvalue weighted by Gasteiger charge is -2.28. The van der Waals surface area contributed by atoms with E-state index >= 15 is 0 Å². The number of hydrogen-bond acceptors (Lipinski definition) is 4. The zero-order valence-electron chi connectivity index (χ0n) is 18.2. The lowest BCUT2D eigenvalue weighted by Crippen LogP contribution is -2.38. The fraction of sp³-hybridized carbons (Fsp3) is 0.360. The highest BCUT2D eigenvalue weighted by Gasteiger charge is 2.45. The lowest BCUT2D eigenvalue weighted by atomic mass is 9.94. The molecule has 5 nitrogen and oxygen atoms in total. The predicted molar refractivity (Wildman–Crippen MR) is 119 cm³/mol. The average Bonchev–Trinajstić information content (AvgIpc) is 3.00. The predicted octanol–water partition coefficient (Wildman–Crippen LogP) is 4.07. The van der Waals surface area contributed by atoms with Gasteiger partial charge in [0.25, 0.3) is 11.7 Å². The van der Waals surface area contributed by atoms with Crippen LogP contribution in [0, 0.1) is 13.8 Å². The third-order valence-corrected chi connectivity index (χ3v) is 5.81. The molecule has 1 aliphatic heterocycles. The molecule has 0 bridgehead atoms. The molecular weight excluding hydrogens is 376 g/mol. The molecule has 1 aliphatic rings. The number of ketones is 1. The minimum Gasteiger partial charge on any atom is -0.507 e. The standard InChI is InChI=1S/C25H30N2O3/c1-5-26(6-2)15-16-27-22(19-11-7-17(3)8-12-19)21(24(29)25(27)30)23(28)20-13-9-18(4)10-14-20/h7-14,22,28H,5-6,15-16H2,1-4H3/b23-21+/t22-/m1/s1. The molecular formula is C25H30N2O3. The summed E-state index contributed by atoms with van der Waals surface area (Å²) < 4.78 is 0. The highest BCUT2D eigenvalue weighted by molar-refractivity contribution is 6.46. The molecule has 0 unspecified atom stereocenters. The van der Waals surface area contributed by atoms with Gasteiger partial charge in [-0.1, -0.05) is 73.5 Å². The highest BCUT2D eigenvalue weighted by Crippen LogP contribution is 2.39. The lowest BCUT2D eigenvalue weighted by molar-refractivity contribution is -0.140. The number of aliphatic hydroxyl groups is 1. The molecule has 1 saturated heterocycles. The molecule has 0 saturated carbocycles. The van der Waals surface area contributed by atoms with E-state index in [-0.39, 0.29) is 11.3 Å². The number of carbonyl (C=O) groups is 2. The van der Waals surface area contributed by atoms with Crippen molar-refractivity contribution in [3.05, 3.63) is 76.4 Å². The second kappa shape index (κ2) is 9.26. The van der Waals surface area contributed by atoms with E-state index in [1.807, 2.05) is 50.2 Å². The van der Waals surface area contributed by atoms with Crippen LogP contribution in [0.25, 0.3) is 5.76 Å². The van der Waals surface area contributed by atoms with Gasteiger partial charge in [0.05, 0.1) is 11.6 Å². The van der Waals surface area contributed by atoms with Crippen molar-refractivity contribution in [3.8, 4) is 0 Å². The molecule has 0 aromatic heterocycles. The fourth-order valence-electron chi connectivity index (χ4n) is 3.86. The van der Waals surface area contributed by atoms with Crippen molar-refractivity contribution in [2.75, 3.05) is 26.2 Å². The number of hydrogen-bond donors (Lipinski definition) is 1. The zero-order valence-corrected chi connectivity index (χ0v) is 18.2. The SMILES string of the molecule is CCN(CC)CCN1C(=O)C(=O)/C(=C(/O)c2ccc(C)cc2)[C@H]1c1ccc(C)cc1. The molecule has 3 rings (SSSR count). The second-order valence-corrected chi connectivity index (χ2v) is 7.80. The largest absolute Gasteiger partial charge is 0.507 e. The summed E-state index contributed by atoms with van der Waals surface area (Å²) in [6, 6.07) is 14.5. The summed E-state index contributed by atoms with van der Waals surface area (Å²) in [4.78, 5) is 29.8. The molecule has 5 heteroatoms. The van der Waals surface area contributed by atoms with Crippen molar-refractivity contribution in [1.82, 2.24) is 9.80 Å². The summed E-state index contributed by atoms with van der Waals surface area (Å²) in [6.07, 6.45) is 0. The van der Waals surface area contributed by atoms with E-state index in [2.05, 4.69) is 18.7 Å². The number of benzene rings is 2. The molecule has 30 heavy (non-hydrogen) atoms. The van der Waals surface area contributed by atoms with Crippen molar-refractivity contribution in [1.29, 1.82) is 0 Å². The van der Waals surface area contributed by atoms with Crippen molar-refractivity contribution < 1.29 is 14.7 Å². The van der Waals surface area contributed by atoms with Gasteiger partial charge in [-0.15, -0.1) is 0 Å². The van der Waals surface area contributed by atoms with Gasteiger partial charge in [-0.25, -0.2) is 0 Å². The molecule has 0 aliphatic carbocycles. The van der Waals surface area contributed by atoms with E-state index in [0.29, 0.717) is 18.7 Å². The monoisotopic (exact) mass is 406 g/mol. The van der Waals surface area contributed by atoms with Gasteiger partial charge in [0.1, 0.15) is 5.76 Å². The molecule has 2 aromatic carbocycles. The van der Waals surface area contributed by atoms with E-state index in [4.69, 9.17) is 0 Å². The van der Waals surface area contributed by atoms with E-state index in [9.17, 15) is 14.7 Å². The molecule has 0 radical (unpaired) electrons. The molecule has 0 spiro atoms. The van der Waals surface area contributed by atoms with Gasteiger partial charge in [-0.2, -0.15) is 0 Å². The third kappa shape index (κ3) is 4.31. The number of amides is 1. The Morgan fingerprint density at radius 1 is 0.933 bits per heavy atom. The smallest absolute Gasteiger partial charge is 0.295 e. The number of carbonyl (C=O) groups excluding carboxylic acids is 2. The number of aryl methyl sites for hydroxylation is 2. The molecule has 158 valence electrons. The van der Waals surface area contributed by atoms with E-state index < -0.39 is 17.7 Å². The fourth-order valence-corrected chi connectivity index (χ4v) is 3.86. The quantitative estimate of drug-likeness (QED) is 0.428. The van der Waals surface area contributed by atoms with Gasteiger partial charge in [-0.05, 0) is 32.5 Å². The van der Waals surface area contributed by atoms with Gasteiger partial charge in [0, 0.05) is 18.7 Å². The van der Waals surface area contributed by atoms with Crippen LogP contribution < -0.4 is 0 Å². The average molecular weight is 407 g/mol. The normalized spacial score (nSPS) is 18.4. The first kappa shape index (κ1) is 21.8. The number of aliphatic hydroxyl groups excluding tert-OH is 1. The molecule has 1 fully saturated rings. The van der Waals surface area contributed by atoms with E-state index in [1.165, 1.54) is 0 Å². The van der Waals surface area contributed by atoms with Crippen LogP contribution in [-0.4, -0.2) is 52.8 Å². The summed E-state index contributed by atoms with van der Waals surface area (Å²) in [5, 5.41) is 11.0. The van der Waals surface area contributed by atoms with Crippen LogP contribution in [0.15, 0.2) is 54.1 Å². The Kier molecular flexibility index (Phi) is 6.73. The van der Waals surface area contributed by atoms with Crippen LogP contribution in [0.4, 0.5) is 0 Å². The van der Waals surface area contributed by atoms with Gasteiger partial charge < -0.3 is 14.9 Å². The van der Waals surface area contributed by atoms with Crippen molar-refractivity contribution >= 4 is 17.4 Å². The summed E-state index contributed by atoms with van der Waals surface area (Å²) in [6.45, 7) is 11.0. The van der Waals surface area contributed by atoms with Crippen LogP contribution in [0.5, 0.6) is 0 Å². The van der Waals surface area contributed by atoms with Crippen LogP contribution >= 0.6 is 0 Å². The van der Waals surface area contributed by atoms with Gasteiger partial charge >= 0.3 is 0 Å². The summed E-state index contributed by atoms with van der Waals surface area (Å²) >= 11 is 0. The van der Waals surface area contributed by atoms with Crippen LogP contribution in [0.3, 0.4) is 0 Å². The van der Waals surface area contributed by atoms with Crippen LogP contribution in [0.2, 0.25) is 0 Å². The van der Waals surface area contributed by atoms with E-state index in [0.717, 1.165) is 29.8 Å². The number of likely N-dealkylation sites (tertiary alicyclic amines) is 1. The number of rotatable bonds is 7. The van der Waals surface area contributed by atoms with Crippen molar-refractivity contribution in [3.63, 3.8) is 0 Å². The Balaban J connectivity index is 2.08. The van der Waals surface area contributed by atoms with Crippen LogP contribution in [0.1, 0.15) is 42.1 Å². The summed E-state index contributed by atoms with van der Waals surface area (Å²) in [5.74, 6) is -1.30. The minimum absolute atomic E-state index is 0.121. The number of nitrogens with zero attached hydrogens (tertiary/aromatic N) is 2. The van der Waals surface area contributed by atoms with Gasteiger partial charge in [0.2, 0.25) is 0 Å². The Morgan fingerprint density at radius 2 is 1.47 bits per heavy atom. The Bertz CT molecular complexity index is 941. The Labute approximate surface area is 178 Å². The van der Waals surface area contributed by atoms with Crippen LogP contribution in [-0.2, 0) is 9.59 Å². The summed E-state index contributed by atoms with van der Waals surface area (Å²) in [7, 11) is 0. The Hall–Kier alpha value is -2.92. The van der Waals surface area contributed by atoms with Gasteiger partial charge in [-0.3, -0.25) is 9.59 Å². The molecule has 1 heterocycles. The maximum atomic E-state index is 13.0. The first-order valence-electron chi connectivity index (χ1n) is 10.5. The summed E-state index contributed by atoms with van der Waals surface area (Å²) in [5.41, 5.74) is 3.68. The molecule has 1 N–H and O–H groups in total. The van der Waals surface area contributed by atoms with Crippen molar-refractivity contribution in [2.24, 2.45) is 0 Å². The van der Waals surface area contributed by atoms with E-state index in [1.54, 1.807) is 17.0 Å². The maximum Gasteiger partial charge on any atom is 0.295 e. The highest BCUT2D eigenvalue weighted by atomic mass is 16.3. The second-order valence-electron chi connectivity index (χ2n) is 7.80. The topological polar surface area (TPSA) is 60.9 Å². The number of likely N-dealkylation sites (N-methyl/N-ethyl adjacent to an activating group) is 1.